The van der Waals surface area contributed by atoms with Gasteiger partial charge in [-0.25, -0.2) is 4.98 Å². The van der Waals surface area contributed by atoms with E-state index in [1.54, 1.807) is 6.20 Å². The van der Waals surface area contributed by atoms with Crippen LogP contribution in [0, 0.1) is 0 Å². The molecule has 2 atom stereocenters. The first-order valence-electron chi connectivity index (χ1n) is 5.78. The standard InChI is InChI=1S/C12H17ClN2S/c1-2-16-10-6-5-9(8-10)15-12-11(13)4-3-7-14-12/h3-4,7,9-10H,2,5-6,8H2,1H3,(H,14,15). The number of nitrogens with zero attached hydrogens (tertiary/aromatic N) is 1. The summed E-state index contributed by atoms with van der Waals surface area (Å²) in [6, 6.07) is 4.28. The van der Waals surface area contributed by atoms with Gasteiger partial charge in [-0.2, -0.15) is 11.8 Å². The predicted octanol–water partition coefficient (Wildman–Crippen LogP) is 3.82. The topological polar surface area (TPSA) is 24.9 Å². The minimum Gasteiger partial charge on any atom is -0.366 e. The van der Waals surface area contributed by atoms with Crippen LogP contribution < -0.4 is 5.32 Å². The summed E-state index contributed by atoms with van der Waals surface area (Å²) in [7, 11) is 0. The van der Waals surface area contributed by atoms with Crippen molar-refractivity contribution in [2.24, 2.45) is 0 Å². The van der Waals surface area contributed by atoms with Gasteiger partial charge < -0.3 is 5.32 Å². The summed E-state index contributed by atoms with van der Waals surface area (Å²) in [6.07, 6.45) is 5.54. The fraction of sp³-hybridized carbons (Fsp3) is 0.583. The first-order valence-corrected chi connectivity index (χ1v) is 7.21. The quantitative estimate of drug-likeness (QED) is 0.887. The molecule has 2 rings (SSSR count). The molecule has 4 heteroatoms. The van der Waals surface area contributed by atoms with Crippen LogP contribution in [0.25, 0.3) is 0 Å². The van der Waals surface area contributed by atoms with Crippen LogP contribution in [0.1, 0.15) is 26.2 Å². The number of hydrogen-bond acceptors (Lipinski definition) is 3. The maximum Gasteiger partial charge on any atom is 0.144 e. The maximum absolute atomic E-state index is 6.07. The third kappa shape index (κ3) is 3.05. The van der Waals surface area contributed by atoms with Crippen molar-refractivity contribution in [2.45, 2.75) is 37.5 Å². The predicted molar refractivity (Wildman–Crippen MR) is 72.4 cm³/mol. The van der Waals surface area contributed by atoms with Gasteiger partial charge in [-0.3, -0.25) is 0 Å². The highest BCUT2D eigenvalue weighted by Crippen LogP contribution is 2.32. The van der Waals surface area contributed by atoms with Gasteiger partial charge in [0.15, 0.2) is 0 Å². The molecule has 1 N–H and O–H groups in total. The SMILES string of the molecule is CCSC1CCC(Nc2ncccc2Cl)C1. The van der Waals surface area contributed by atoms with Crippen LogP contribution >= 0.6 is 23.4 Å². The van der Waals surface area contributed by atoms with E-state index in [1.807, 2.05) is 12.1 Å². The van der Waals surface area contributed by atoms with Crippen LogP contribution in [0.4, 0.5) is 5.82 Å². The molecule has 16 heavy (non-hydrogen) atoms. The molecule has 0 spiro atoms. The van der Waals surface area contributed by atoms with Gasteiger partial charge in [-0.1, -0.05) is 18.5 Å². The van der Waals surface area contributed by atoms with E-state index in [4.69, 9.17) is 11.6 Å². The summed E-state index contributed by atoms with van der Waals surface area (Å²) in [5.74, 6) is 2.04. The second-order valence-electron chi connectivity index (χ2n) is 4.07. The molecule has 0 radical (unpaired) electrons. The van der Waals surface area contributed by atoms with Crippen LogP contribution in [0.2, 0.25) is 5.02 Å². The van der Waals surface area contributed by atoms with Gasteiger partial charge in [-0.05, 0) is 37.1 Å². The number of thioether (sulfide) groups is 1. The molecule has 1 aromatic rings. The average Bonchev–Trinajstić information content (AvgIpc) is 2.70. The Balaban J connectivity index is 1.90. The zero-order valence-electron chi connectivity index (χ0n) is 9.45. The van der Waals surface area contributed by atoms with Gasteiger partial charge in [0.1, 0.15) is 5.82 Å². The largest absolute Gasteiger partial charge is 0.366 e. The van der Waals surface area contributed by atoms with Gasteiger partial charge in [-0.15, -0.1) is 0 Å². The minimum atomic E-state index is 0.538. The molecule has 2 unspecified atom stereocenters. The highest BCUT2D eigenvalue weighted by molar-refractivity contribution is 7.99. The third-order valence-corrected chi connectivity index (χ3v) is 4.42. The highest BCUT2D eigenvalue weighted by Gasteiger charge is 2.24. The van der Waals surface area contributed by atoms with Crippen LogP contribution in [0.3, 0.4) is 0 Å². The molecule has 1 aliphatic rings. The van der Waals surface area contributed by atoms with Gasteiger partial charge in [0.05, 0.1) is 5.02 Å². The molecular weight excluding hydrogens is 240 g/mol. The second-order valence-corrected chi connectivity index (χ2v) is 6.05. The molecule has 0 saturated heterocycles. The van der Waals surface area contributed by atoms with Gasteiger partial charge in [0.2, 0.25) is 0 Å². The van der Waals surface area contributed by atoms with Crippen molar-refractivity contribution in [1.82, 2.24) is 4.98 Å². The number of rotatable bonds is 4. The second kappa shape index (κ2) is 5.78. The first-order chi connectivity index (χ1) is 7.79. The Hall–Kier alpha value is -0.410. The zero-order valence-corrected chi connectivity index (χ0v) is 11.0. The Kier molecular flexibility index (Phi) is 4.36. The summed E-state index contributed by atoms with van der Waals surface area (Å²) < 4.78 is 0. The smallest absolute Gasteiger partial charge is 0.144 e. The lowest BCUT2D eigenvalue weighted by atomic mass is 10.2. The molecule has 1 heterocycles. The summed E-state index contributed by atoms with van der Waals surface area (Å²) in [5.41, 5.74) is 0. The monoisotopic (exact) mass is 256 g/mol. The number of pyridine rings is 1. The summed E-state index contributed by atoms with van der Waals surface area (Å²) >= 11 is 8.13. The normalized spacial score (nSPS) is 24.6. The molecule has 88 valence electrons. The van der Waals surface area contributed by atoms with Crippen molar-refractivity contribution >= 4 is 29.2 Å². The highest BCUT2D eigenvalue weighted by atomic mass is 35.5. The molecule has 1 fully saturated rings. The number of nitrogens with one attached hydrogen (secondary N) is 1. The molecule has 2 nitrogen and oxygen atoms in total. The molecule has 1 aliphatic carbocycles. The number of halogens is 1. The molecule has 1 aromatic heterocycles. The Labute approximate surface area is 106 Å². The average molecular weight is 257 g/mol. The fourth-order valence-electron chi connectivity index (χ4n) is 2.14. The molecular formula is C12H17ClN2S. The van der Waals surface area contributed by atoms with E-state index < -0.39 is 0 Å². The maximum atomic E-state index is 6.07. The van der Waals surface area contributed by atoms with Crippen molar-refractivity contribution in [1.29, 1.82) is 0 Å². The summed E-state index contributed by atoms with van der Waals surface area (Å²) in [6.45, 7) is 2.22. The van der Waals surface area contributed by atoms with Crippen molar-refractivity contribution < 1.29 is 0 Å². The Bertz CT molecular complexity index is 346. The van der Waals surface area contributed by atoms with Crippen molar-refractivity contribution in [3.8, 4) is 0 Å². The molecule has 0 amide bonds. The van der Waals surface area contributed by atoms with Crippen LogP contribution in [0.15, 0.2) is 18.3 Å². The summed E-state index contributed by atoms with van der Waals surface area (Å²) in [5, 5.41) is 4.97. The van der Waals surface area contributed by atoms with Crippen molar-refractivity contribution in [3.63, 3.8) is 0 Å². The lowest BCUT2D eigenvalue weighted by Gasteiger charge is -2.14. The fourth-order valence-corrected chi connectivity index (χ4v) is 3.46. The van der Waals surface area contributed by atoms with Gasteiger partial charge in [0.25, 0.3) is 0 Å². The Morgan fingerprint density at radius 1 is 1.56 bits per heavy atom. The van der Waals surface area contributed by atoms with E-state index in [1.165, 1.54) is 25.0 Å². The van der Waals surface area contributed by atoms with Crippen molar-refractivity contribution in [3.05, 3.63) is 23.4 Å². The molecule has 0 bridgehead atoms. The van der Waals surface area contributed by atoms with Gasteiger partial charge >= 0.3 is 0 Å². The van der Waals surface area contributed by atoms with E-state index >= 15 is 0 Å². The zero-order chi connectivity index (χ0) is 11.4. The van der Waals surface area contributed by atoms with E-state index in [2.05, 4.69) is 29.0 Å². The molecule has 0 aliphatic heterocycles. The number of aromatic nitrogens is 1. The third-order valence-electron chi connectivity index (χ3n) is 2.89. The Morgan fingerprint density at radius 3 is 3.19 bits per heavy atom. The lowest BCUT2D eigenvalue weighted by Crippen LogP contribution is -2.17. The first kappa shape index (κ1) is 12.1. The van der Waals surface area contributed by atoms with Crippen LogP contribution in [0.5, 0.6) is 0 Å². The Morgan fingerprint density at radius 2 is 2.44 bits per heavy atom. The number of hydrogen-bond donors (Lipinski definition) is 1. The van der Waals surface area contributed by atoms with Gasteiger partial charge in [0, 0.05) is 17.5 Å². The van der Waals surface area contributed by atoms with Crippen LogP contribution in [-0.2, 0) is 0 Å². The molecule has 1 saturated carbocycles. The minimum absolute atomic E-state index is 0.538. The molecule has 0 aromatic carbocycles. The van der Waals surface area contributed by atoms with E-state index in [-0.39, 0.29) is 0 Å². The van der Waals surface area contributed by atoms with E-state index in [9.17, 15) is 0 Å². The van der Waals surface area contributed by atoms with E-state index in [0.29, 0.717) is 11.1 Å². The summed E-state index contributed by atoms with van der Waals surface area (Å²) in [4.78, 5) is 4.26. The van der Waals surface area contributed by atoms with Crippen LogP contribution in [-0.4, -0.2) is 22.0 Å². The van der Waals surface area contributed by atoms with Crippen molar-refractivity contribution in [2.75, 3.05) is 11.1 Å². The van der Waals surface area contributed by atoms with E-state index in [0.717, 1.165) is 11.1 Å². The number of anilines is 1. The lowest BCUT2D eigenvalue weighted by molar-refractivity contribution is 0.752.